The zero-order valence-electron chi connectivity index (χ0n) is 26.0. The molecule has 53 heavy (non-hydrogen) atoms. The second-order valence-corrected chi connectivity index (χ2v) is 10.9. The van der Waals surface area contributed by atoms with E-state index in [0.29, 0.717) is 0 Å². The van der Waals surface area contributed by atoms with E-state index in [9.17, 15) is 64.0 Å². The summed E-state index contributed by atoms with van der Waals surface area (Å²) >= 11 is 0. The van der Waals surface area contributed by atoms with Crippen molar-refractivity contribution < 1.29 is 39.6 Å². The van der Waals surface area contributed by atoms with Crippen LogP contribution in [-0.4, -0.2) is 73.8 Å². The number of aromatic nitrogens is 6. The van der Waals surface area contributed by atoms with Gasteiger partial charge in [0, 0.05) is 0 Å². The molecule has 20 nitrogen and oxygen atoms in total. The van der Waals surface area contributed by atoms with E-state index in [4.69, 9.17) is 6.57 Å². The van der Waals surface area contributed by atoms with Gasteiger partial charge in [0.2, 0.25) is 11.2 Å². The minimum Gasteiger partial charge on any atom is -0.478 e. The highest BCUT2D eigenvalue weighted by atomic mass is 16.4. The largest absolute Gasteiger partial charge is 0.478 e. The molecule has 0 aliphatic heterocycles. The molecule has 8 N–H and O–H groups in total. The number of benzene rings is 2. The molecule has 0 aliphatic rings. The highest BCUT2D eigenvalue weighted by Gasteiger charge is 2.22. The third-order valence-corrected chi connectivity index (χ3v) is 7.78. The Morgan fingerprint density at radius 1 is 0.660 bits per heavy atom. The van der Waals surface area contributed by atoms with Crippen molar-refractivity contribution in [1.29, 1.82) is 5.26 Å². The van der Waals surface area contributed by atoms with Gasteiger partial charge in [0.1, 0.15) is 22.7 Å². The SMILES string of the molecule is [C-]#[N+]c1c(C=C=Cc2c(C#N)c3c(=O)n(-c4cc(C(=O)O)cc(C(=O)O)c4)[nH]c3[nH]c2=O)c(=O)[nH]c2[nH]n(-c3cc(C(=O)O)cc(C(=O)O)c3)c(=O)c12. The first-order valence-electron chi connectivity index (χ1n) is 14.4. The quantitative estimate of drug-likeness (QED) is 0.0825. The molecule has 4 aromatic heterocycles. The molecule has 0 fully saturated rings. The molecule has 0 bridgehead atoms. The summed E-state index contributed by atoms with van der Waals surface area (Å²) in [7, 11) is 0. The van der Waals surface area contributed by atoms with Gasteiger partial charge in [-0.15, -0.1) is 5.73 Å². The van der Waals surface area contributed by atoms with Crippen LogP contribution in [0.2, 0.25) is 0 Å². The monoisotopic (exact) mass is 716 g/mol. The van der Waals surface area contributed by atoms with Crippen LogP contribution < -0.4 is 22.2 Å². The van der Waals surface area contributed by atoms with Gasteiger partial charge < -0.3 is 30.4 Å². The number of carbonyl (C=O) groups is 4. The van der Waals surface area contributed by atoms with Gasteiger partial charge in [0.25, 0.3) is 16.7 Å². The van der Waals surface area contributed by atoms with Crippen LogP contribution in [0.1, 0.15) is 58.1 Å². The molecule has 0 amide bonds. The number of nitriles is 1. The Morgan fingerprint density at radius 2 is 1.06 bits per heavy atom. The van der Waals surface area contributed by atoms with Crippen molar-refractivity contribution in [2.75, 3.05) is 0 Å². The molecule has 0 unspecified atom stereocenters. The fourth-order valence-corrected chi connectivity index (χ4v) is 5.41. The minimum atomic E-state index is -1.50. The number of rotatable bonds is 8. The number of hydrogen-bond donors (Lipinski definition) is 8. The molecule has 0 atom stereocenters. The Morgan fingerprint density at radius 3 is 1.47 bits per heavy atom. The first-order chi connectivity index (χ1) is 25.1. The van der Waals surface area contributed by atoms with Gasteiger partial charge in [-0.1, -0.05) is 0 Å². The maximum Gasteiger partial charge on any atom is 0.335 e. The molecule has 0 radical (unpaired) electrons. The number of nitrogens with zero attached hydrogens (tertiary/aromatic N) is 4. The van der Waals surface area contributed by atoms with E-state index in [1.54, 1.807) is 6.07 Å². The lowest BCUT2D eigenvalue weighted by atomic mass is 10.1. The lowest BCUT2D eigenvalue weighted by molar-refractivity contribution is 0.0676. The standard InChI is InChI=1S/C33H16N8O12/c1-35-23-19(27(43)37-25-22(23)29(45)41(39-25)17-9-14(32(50)51)6-15(10-17)33(52)53)4-2-3-18-20(11-34)21-24(36-26(18)42)38-40(28(21)44)16-7-12(30(46)47)5-13(8-16)31(48)49/h3-10H,(H,46,47)(H,48,49)(H,50,51)(H,52,53)(H2,36,38,42)(H2,37,39,43). The summed E-state index contributed by atoms with van der Waals surface area (Å²) < 4.78 is 1.46. The van der Waals surface area contributed by atoms with Gasteiger partial charge >= 0.3 is 23.9 Å². The number of nitrogens with one attached hydrogen (secondary N) is 4. The number of hydrogen-bond acceptors (Lipinski definition) is 9. The Bertz CT molecular complexity index is 2810. The van der Waals surface area contributed by atoms with Crippen LogP contribution in [0.5, 0.6) is 0 Å². The van der Waals surface area contributed by atoms with Crippen molar-refractivity contribution >= 4 is 63.8 Å². The van der Waals surface area contributed by atoms with Crippen LogP contribution in [0, 0.1) is 17.9 Å². The molecule has 6 rings (SSSR count). The lowest BCUT2D eigenvalue weighted by Gasteiger charge is -2.05. The number of H-pyrrole nitrogens is 4. The van der Waals surface area contributed by atoms with Gasteiger partial charge in [0.15, 0.2) is 0 Å². The Labute approximate surface area is 289 Å². The number of fused-ring (bicyclic) bond motifs is 2. The van der Waals surface area contributed by atoms with E-state index < -0.39 is 90.7 Å². The topological polar surface area (TPSA) is 319 Å². The minimum absolute atomic E-state index is 0.239. The normalized spacial score (nSPS) is 10.7. The smallest absolute Gasteiger partial charge is 0.335 e. The predicted octanol–water partition coefficient (Wildman–Crippen LogP) is 1.87. The van der Waals surface area contributed by atoms with Crippen LogP contribution in [0.25, 0.3) is 50.4 Å². The number of carboxylic acids is 4. The van der Waals surface area contributed by atoms with Crippen molar-refractivity contribution in [2.24, 2.45) is 0 Å². The summed E-state index contributed by atoms with van der Waals surface area (Å²) in [5.41, 5.74) is -6.15. The molecule has 0 spiro atoms. The molecule has 0 saturated heterocycles. The molecule has 0 aliphatic carbocycles. The lowest BCUT2D eigenvalue weighted by Crippen LogP contribution is -2.17. The van der Waals surface area contributed by atoms with E-state index in [1.165, 1.54) is 0 Å². The summed E-state index contributed by atoms with van der Waals surface area (Å²) in [5.74, 6) is -5.98. The molecule has 260 valence electrons. The molecule has 0 saturated carbocycles. The molecular weight excluding hydrogens is 700 g/mol. The van der Waals surface area contributed by atoms with Crippen molar-refractivity contribution in [1.82, 2.24) is 29.5 Å². The van der Waals surface area contributed by atoms with Gasteiger partial charge in [-0.2, -0.15) is 5.26 Å². The Balaban J connectivity index is 1.50. The van der Waals surface area contributed by atoms with Crippen molar-refractivity contribution in [3.05, 3.63) is 134 Å². The van der Waals surface area contributed by atoms with Gasteiger partial charge in [-0.25, -0.2) is 33.4 Å². The maximum atomic E-state index is 13.5. The fraction of sp³-hybridized carbons (Fsp3) is 0. The van der Waals surface area contributed by atoms with E-state index >= 15 is 0 Å². The highest BCUT2D eigenvalue weighted by Crippen LogP contribution is 2.26. The molecule has 2 aromatic carbocycles. The third-order valence-electron chi connectivity index (χ3n) is 7.78. The summed E-state index contributed by atoms with van der Waals surface area (Å²) in [4.78, 5) is 107. The first kappa shape index (κ1) is 34.1. The Hall–Kier alpha value is -8.74. The summed E-state index contributed by atoms with van der Waals surface area (Å²) in [6, 6.07) is 7.43. The van der Waals surface area contributed by atoms with E-state index in [1.807, 2.05) is 0 Å². The van der Waals surface area contributed by atoms with Crippen LogP contribution >= 0.6 is 0 Å². The second-order valence-electron chi connectivity index (χ2n) is 10.9. The third kappa shape index (κ3) is 5.74. The van der Waals surface area contributed by atoms with Crippen molar-refractivity contribution in [2.45, 2.75) is 0 Å². The number of pyridine rings is 2. The summed E-state index contributed by atoms with van der Waals surface area (Å²) in [6.07, 6.45) is 1.83. The summed E-state index contributed by atoms with van der Waals surface area (Å²) in [6.45, 7) is 7.71. The number of aromatic carboxylic acids is 4. The summed E-state index contributed by atoms with van der Waals surface area (Å²) in [5, 5.41) is 51.9. The van der Waals surface area contributed by atoms with Gasteiger partial charge in [-0.3, -0.25) is 29.4 Å². The van der Waals surface area contributed by atoms with Crippen LogP contribution in [0.3, 0.4) is 0 Å². The zero-order valence-corrected chi connectivity index (χ0v) is 26.0. The average molecular weight is 717 g/mol. The van der Waals surface area contributed by atoms with Crippen LogP contribution in [-0.2, 0) is 0 Å². The zero-order chi connectivity index (χ0) is 38.5. The Kier molecular flexibility index (Phi) is 8.12. The predicted molar refractivity (Wildman–Crippen MR) is 180 cm³/mol. The molecule has 6 aromatic rings. The maximum absolute atomic E-state index is 13.5. The van der Waals surface area contributed by atoms with E-state index in [-0.39, 0.29) is 33.4 Å². The fourth-order valence-electron chi connectivity index (χ4n) is 5.41. The molecule has 4 heterocycles. The molecule has 20 heteroatoms. The van der Waals surface area contributed by atoms with Crippen LogP contribution in [0.4, 0.5) is 5.69 Å². The number of carboxylic acid groups (broad SMARTS) is 4. The van der Waals surface area contributed by atoms with E-state index in [0.717, 1.165) is 57.9 Å². The molecular formula is C33H16N8O12. The van der Waals surface area contributed by atoms with Crippen molar-refractivity contribution in [3.63, 3.8) is 0 Å². The van der Waals surface area contributed by atoms with Gasteiger partial charge in [-0.05, 0) is 48.6 Å². The van der Waals surface area contributed by atoms with Gasteiger partial charge in [0.05, 0.1) is 62.3 Å². The average Bonchev–Trinajstić information content (AvgIpc) is 3.62. The first-order valence-corrected chi connectivity index (χ1v) is 14.4. The van der Waals surface area contributed by atoms with Crippen LogP contribution in [0.15, 0.2) is 61.3 Å². The highest BCUT2D eigenvalue weighted by molar-refractivity contribution is 5.97. The van der Waals surface area contributed by atoms with Crippen molar-refractivity contribution in [3.8, 4) is 17.4 Å². The second kappa shape index (κ2) is 12.6. The number of aromatic amines is 4. The van der Waals surface area contributed by atoms with E-state index in [2.05, 4.69) is 30.7 Å².